The lowest BCUT2D eigenvalue weighted by Crippen LogP contribution is -2.39. The van der Waals surface area contributed by atoms with E-state index >= 15 is 0 Å². The molecule has 2 rings (SSSR count). The number of hydrogen-bond donors (Lipinski definition) is 1. The molecule has 0 saturated heterocycles. The van der Waals surface area contributed by atoms with Crippen molar-refractivity contribution in [1.29, 1.82) is 0 Å². The Morgan fingerprint density at radius 1 is 1.44 bits per heavy atom. The first-order valence-corrected chi connectivity index (χ1v) is 6.22. The summed E-state index contributed by atoms with van der Waals surface area (Å²) in [4.78, 5) is 22.4. The quantitative estimate of drug-likeness (QED) is 0.683. The summed E-state index contributed by atoms with van der Waals surface area (Å²) in [6, 6.07) is 5.14. The SMILES string of the molecule is O=CC1=CSC(NC(=O)c2ccc(F)cc2)N1Cl. The molecule has 1 amide bonds. The fourth-order valence-electron chi connectivity index (χ4n) is 1.34. The first-order chi connectivity index (χ1) is 8.61. The third-order valence-corrected chi connectivity index (χ3v) is 3.72. The predicted octanol–water partition coefficient (Wildman–Crippen LogP) is 2.08. The summed E-state index contributed by atoms with van der Waals surface area (Å²) in [6.45, 7) is 0. The lowest BCUT2D eigenvalue weighted by atomic mass is 10.2. The van der Waals surface area contributed by atoms with Crippen molar-refractivity contribution in [2.75, 3.05) is 0 Å². The molecule has 1 heterocycles. The number of aldehydes is 1. The van der Waals surface area contributed by atoms with Crippen LogP contribution in [0.1, 0.15) is 10.4 Å². The average Bonchev–Trinajstić information content (AvgIpc) is 2.71. The highest BCUT2D eigenvalue weighted by atomic mass is 35.5. The van der Waals surface area contributed by atoms with Crippen LogP contribution in [0.15, 0.2) is 35.4 Å². The summed E-state index contributed by atoms with van der Waals surface area (Å²) in [5.74, 6) is -0.802. The number of benzene rings is 1. The third kappa shape index (κ3) is 2.65. The average molecular weight is 287 g/mol. The van der Waals surface area contributed by atoms with E-state index in [1.165, 1.54) is 36.0 Å². The molecule has 0 spiro atoms. The van der Waals surface area contributed by atoms with Crippen LogP contribution in [-0.4, -0.2) is 22.1 Å². The van der Waals surface area contributed by atoms with Crippen molar-refractivity contribution in [3.63, 3.8) is 0 Å². The van der Waals surface area contributed by atoms with Crippen LogP contribution in [0.3, 0.4) is 0 Å². The Hall–Kier alpha value is -1.53. The number of carbonyl (C=O) groups excluding carboxylic acids is 2. The summed E-state index contributed by atoms with van der Waals surface area (Å²) in [5.41, 5.74) is 0.0529. The second kappa shape index (κ2) is 5.41. The molecule has 1 N–H and O–H groups in total. The molecule has 0 saturated carbocycles. The summed E-state index contributed by atoms with van der Waals surface area (Å²) in [7, 11) is 0. The number of nitrogens with one attached hydrogen (secondary N) is 1. The Morgan fingerprint density at radius 2 is 2.11 bits per heavy atom. The van der Waals surface area contributed by atoms with Crippen molar-refractivity contribution in [2.24, 2.45) is 0 Å². The number of nitrogens with zero attached hydrogens (tertiary/aromatic N) is 1. The van der Waals surface area contributed by atoms with Crippen molar-refractivity contribution in [3.05, 3.63) is 46.8 Å². The van der Waals surface area contributed by atoms with Gasteiger partial charge in [-0.3, -0.25) is 9.59 Å². The van der Waals surface area contributed by atoms with Crippen LogP contribution in [0.4, 0.5) is 4.39 Å². The Balaban J connectivity index is 2.01. The Labute approximate surface area is 112 Å². The van der Waals surface area contributed by atoms with Gasteiger partial charge in [0.05, 0.1) is 0 Å². The van der Waals surface area contributed by atoms with Gasteiger partial charge in [0.15, 0.2) is 11.8 Å². The molecule has 0 aliphatic carbocycles. The van der Waals surface area contributed by atoms with Crippen LogP contribution in [-0.2, 0) is 4.79 Å². The van der Waals surface area contributed by atoms with Gasteiger partial charge in [0.1, 0.15) is 11.5 Å². The molecule has 1 atom stereocenters. The Kier molecular flexibility index (Phi) is 3.88. The zero-order valence-electron chi connectivity index (χ0n) is 8.97. The second-order valence-corrected chi connectivity index (χ2v) is 4.76. The van der Waals surface area contributed by atoms with Crippen LogP contribution in [0, 0.1) is 5.82 Å². The highest BCUT2D eigenvalue weighted by molar-refractivity contribution is 8.03. The van der Waals surface area contributed by atoms with E-state index in [9.17, 15) is 14.0 Å². The summed E-state index contributed by atoms with van der Waals surface area (Å²) >= 11 is 7.04. The highest BCUT2D eigenvalue weighted by Gasteiger charge is 2.27. The molecule has 7 heteroatoms. The summed E-state index contributed by atoms with van der Waals surface area (Å²) < 4.78 is 13.8. The molecule has 4 nitrogen and oxygen atoms in total. The van der Waals surface area contributed by atoms with Crippen molar-refractivity contribution >= 4 is 35.7 Å². The maximum atomic E-state index is 12.7. The minimum absolute atomic E-state index is 0.283. The Morgan fingerprint density at radius 3 is 2.67 bits per heavy atom. The molecule has 1 aromatic rings. The van der Waals surface area contributed by atoms with Gasteiger partial charge in [0.25, 0.3) is 5.91 Å². The monoisotopic (exact) mass is 286 g/mol. The van der Waals surface area contributed by atoms with Crippen LogP contribution in [0.5, 0.6) is 0 Å². The number of allylic oxidation sites excluding steroid dienone is 1. The first kappa shape index (κ1) is 12.9. The zero-order chi connectivity index (χ0) is 13.1. The van der Waals surface area contributed by atoms with Crippen molar-refractivity contribution < 1.29 is 14.0 Å². The number of carbonyl (C=O) groups is 2. The van der Waals surface area contributed by atoms with Gasteiger partial charge >= 0.3 is 0 Å². The van der Waals surface area contributed by atoms with E-state index in [0.717, 1.165) is 4.42 Å². The highest BCUT2D eigenvalue weighted by Crippen LogP contribution is 2.29. The molecule has 1 unspecified atom stereocenters. The minimum Gasteiger partial charge on any atom is -0.322 e. The number of halogens is 2. The van der Waals surface area contributed by atoms with Gasteiger partial charge in [-0.15, -0.1) is 0 Å². The molecule has 1 aliphatic rings. The number of thioether (sulfide) groups is 1. The fraction of sp³-hybridized carbons (Fsp3) is 0.0909. The van der Waals surface area contributed by atoms with Crippen LogP contribution in [0.25, 0.3) is 0 Å². The van der Waals surface area contributed by atoms with Gasteiger partial charge in [-0.2, -0.15) is 0 Å². The van der Waals surface area contributed by atoms with E-state index < -0.39 is 17.2 Å². The van der Waals surface area contributed by atoms with Gasteiger partial charge in [-0.05, 0) is 24.3 Å². The molecule has 1 aromatic carbocycles. The van der Waals surface area contributed by atoms with Gasteiger partial charge < -0.3 is 5.32 Å². The normalized spacial score (nSPS) is 18.4. The van der Waals surface area contributed by atoms with Crippen LogP contribution >= 0.6 is 23.5 Å². The minimum atomic E-state index is -0.551. The zero-order valence-corrected chi connectivity index (χ0v) is 10.5. The Bertz CT molecular complexity index is 506. The summed E-state index contributed by atoms with van der Waals surface area (Å²) in [6.07, 6.45) is 0.601. The second-order valence-electron chi connectivity index (χ2n) is 3.44. The maximum Gasteiger partial charge on any atom is 0.253 e. The van der Waals surface area contributed by atoms with Crippen LogP contribution < -0.4 is 5.32 Å². The topological polar surface area (TPSA) is 49.4 Å². The van der Waals surface area contributed by atoms with Gasteiger partial charge in [-0.25, -0.2) is 8.81 Å². The van der Waals surface area contributed by atoms with E-state index in [4.69, 9.17) is 11.8 Å². The van der Waals surface area contributed by atoms with Crippen LogP contribution in [0.2, 0.25) is 0 Å². The molecule has 94 valence electrons. The summed E-state index contributed by atoms with van der Waals surface area (Å²) in [5, 5.41) is 4.16. The predicted molar refractivity (Wildman–Crippen MR) is 67.1 cm³/mol. The van der Waals surface area contributed by atoms with E-state index in [0.29, 0.717) is 11.8 Å². The molecule has 0 fully saturated rings. The number of hydrogen-bond acceptors (Lipinski definition) is 4. The van der Waals surface area contributed by atoms with Crippen molar-refractivity contribution in [2.45, 2.75) is 5.50 Å². The van der Waals surface area contributed by atoms with Gasteiger partial charge in [0.2, 0.25) is 0 Å². The molecule has 0 bridgehead atoms. The van der Waals surface area contributed by atoms with E-state index in [-0.39, 0.29) is 5.70 Å². The lowest BCUT2D eigenvalue weighted by molar-refractivity contribution is -0.105. The number of amides is 1. The lowest BCUT2D eigenvalue weighted by Gasteiger charge is -2.19. The van der Waals surface area contributed by atoms with E-state index in [1.807, 2.05) is 0 Å². The third-order valence-electron chi connectivity index (χ3n) is 2.25. The largest absolute Gasteiger partial charge is 0.322 e. The molecular formula is C11H8ClFN2O2S. The standard InChI is InChI=1S/C11H8ClFN2O2S/c12-15-9(5-16)6-18-11(15)14-10(17)7-1-3-8(13)4-2-7/h1-6,11H,(H,14,17). The first-order valence-electron chi connectivity index (χ1n) is 4.94. The molecule has 0 radical (unpaired) electrons. The molecule has 18 heavy (non-hydrogen) atoms. The van der Waals surface area contributed by atoms with E-state index in [1.54, 1.807) is 5.41 Å². The van der Waals surface area contributed by atoms with Gasteiger partial charge in [0, 0.05) is 22.7 Å². The molecule has 0 aromatic heterocycles. The number of rotatable bonds is 3. The molecule has 1 aliphatic heterocycles. The maximum absolute atomic E-state index is 12.7. The van der Waals surface area contributed by atoms with E-state index in [2.05, 4.69) is 5.32 Å². The fourth-order valence-corrected chi connectivity index (χ4v) is 2.51. The smallest absolute Gasteiger partial charge is 0.253 e. The van der Waals surface area contributed by atoms with Crippen molar-refractivity contribution in [3.8, 4) is 0 Å². The molecular weight excluding hydrogens is 279 g/mol. The van der Waals surface area contributed by atoms with Crippen molar-refractivity contribution in [1.82, 2.24) is 9.74 Å². The van der Waals surface area contributed by atoms with Gasteiger partial charge in [-0.1, -0.05) is 11.8 Å².